The Bertz CT molecular complexity index is 1100. The average molecular weight is 543 g/mol. The van der Waals surface area contributed by atoms with Gasteiger partial charge in [0.15, 0.2) is 0 Å². The second kappa shape index (κ2) is 10.7. The van der Waals surface area contributed by atoms with E-state index in [4.69, 9.17) is 4.74 Å². The number of hydrogen-bond donors (Lipinski definition) is 1. The van der Waals surface area contributed by atoms with Crippen LogP contribution in [0.4, 0.5) is 5.69 Å². The summed E-state index contributed by atoms with van der Waals surface area (Å²) in [4.78, 5) is 45.9. The Balaban J connectivity index is 1.89. The van der Waals surface area contributed by atoms with Gasteiger partial charge in [0.25, 0.3) is 5.91 Å². The lowest BCUT2D eigenvalue weighted by Crippen LogP contribution is -2.58. The lowest BCUT2D eigenvalue weighted by molar-refractivity contribution is -0.155. The van der Waals surface area contributed by atoms with Crippen molar-refractivity contribution in [1.82, 2.24) is 4.90 Å². The smallest absolute Gasteiger partial charge is 0.311 e. The van der Waals surface area contributed by atoms with E-state index in [2.05, 4.69) is 6.58 Å². The largest absolute Gasteiger partial charge is 0.466 e. The molecule has 2 amide bonds. The van der Waals surface area contributed by atoms with Gasteiger partial charge in [0, 0.05) is 17.0 Å². The van der Waals surface area contributed by atoms with Crippen molar-refractivity contribution in [3.05, 3.63) is 42.0 Å². The van der Waals surface area contributed by atoms with Gasteiger partial charge in [0.1, 0.15) is 6.04 Å². The molecular weight excluding hydrogens is 500 g/mol. The van der Waals surface area contributed by atoms with E-state index < -0.39 is 33.4 Å². The molecular formula is C30H42N2O5S. The van der Waals surface area contributed by atoms with Gasteiger partial charge in [-0.1, -0.05) is 38.1 Å². The van der Waals surface area contributed by atoms with E-state index in [1.54, 1.807) is 34.6 Å². The van der Waals surface area contributed by atoms with E-state index in [0.29, 0.717) is 19.4 Å². The highest BCUT2D eigenvalue weighted by Gasteiger charge is 2.78. The third-order valence-electron chi connectivity index (χ3n) is 8.62. The number of amides is 2. The number of aryl methyl sites for hydroxylation is 2. The monoisotopic (exact) mass is 542 g/mol. The maximum atomic E-state index is 14.8. The number of carbonyl (C=O) groups is 3. The number of benzene rings is 1. The Morgan fingerprint density at radius 2 is 1.95 bits per heavy atom. The van der Waals surface area contributed by atoms with E-state index >= 15 is 0 Å². The van der Waals surface area contributed by atoms with Gasteiger partial charge in [-0.2, -0.15) is 0 Å². The zero-order valence-electron chi connectivity index (χ0n) is 23.5. The predicted molar refractivity (Wildman–Crippen MR) is 151 cm³/mol. The molecule has 0 aromatic heterocycles. The average Bonchev–Trinajstić information content (AvgIpc) is 3.42. The molecule has 3 aliphatic rings. The number of aliphatic hydroxyl groups is 1. The van der Waals surface area contributed by atoms with Crippen LogP contribution in [0.2, 0.25) is 0 Å². The molecule has 1 N–H and O–H groups in total. The molecule has 0 aliphatic carbocycles. The third-order valence-corrected chi connectivity index (χ3v) is 10.6. The summed E-state index contributed by atoms with van der Waals surface area (Å²) >= 11 is 1.63. The number of ether oxygens (including phenoxy) is 1. The van der Waals surface area contributed by atoms with E-state index in [9.17, 15) is 19.5 Å². The first kappa shape index (κ1) is 28.7. The molecule has 38 heavy (non-hydrogen) atoms. The zero-order chi connectivity index (χ0) is 28.0. The van der Waals surface area contributed by atoms with Gasteiger partial charge in [-0.25, -0.2) is 0 Å². The minimum atomic E-state index is -0.805. The minimum absolute atomic E-state index is 0.179. The van der Waals surface area contributed by atoms with E-state index in [-0.39, 0.29) is 36.9 Å². The van der Waals surface area contributed by atoms with Gasteiger partial charge in [-0.15, -0.1) is 18.3 Å². The van der Waals surface area contributed by atoms with Crippen LogP contribution >= 0.6 is 11.8 Å². The molecule has 3 saturated heterocycles. The summed E-state index contributed by atoms with van der Waals surface area (Å²) in [6.07, 6.45) is 3.65. The van der Waals surface area contributed by atoms with E-state index in [0.717, 1.165) is 23.2 Å². The van der Waals surface area contributed by atoms with Crippen molar-refractivity contribution in [2.75, 3.05) is 24.7 Å². The second-order valence-corrected chi connectivity index (χ2v) is 13.6. The first-order chi connectivity index (χ1) is 18.0. The predicted octanol–water partition coefficient (Wildman–Crippen LogP) is 4.27. The third kappa shape index (κ3) is 4.37. The number of likely N-dealkylation sites (tertiary alicyclic amines) is 1. The number of rotatable bonds is 10. The molecule has 1 aromatic carbocycles. The van der Waals surface area contributed by atoms with Crippen molar-refractivity contribution in [2.45, 2.75) is 82.4 Å². The van der Waals surface area contributed by atoms with Crippen LogP contribution in [0, 0.1) is 31.6 Å². The molecule has 3 fully saturated rings. The molecule has 0 saturated carbocycles. The molecule has 3 heterocycles. The summed E-state index contributed by atoms with van der Waals surface area (Å²) in [5, 5.41) is 10.5. The number of anilines is 1. The Hall–Kier alpha value is -2.32. The molecule has 7 nitrogen and oxygen atoms in total. The van der Waals surface area contributed by atoms with E-state index in [1.165, 1.54) is 0 Å². The molecule has 208 valence electrons. The number of para-hydroxylation sites is 1. The molecule has 6 atom stereocenters. The van der Waals surface area contributed by atoms with Crippen molar-refractivity contribution in [3.63, 3.8) is 0 Å². The molecule has 1 aromatic rings. The van der Waals surface area contributed by atoms with E-state index in [1.807, 2.05) is 52.8 Å². The highest BCUT2D eigenvalue weighted by atomic mass is 32.2. The van der Waals surface area contributed by atoms with Crippen LogP contribution in [0.15, 0.2) is 30.9 Å². The van der Waals surface area contributed by atoms with Crippen molar-refractivity contribution in [2.24, 2.45) is 17.8 Å². The van der Waals surface area contributed by atoms with Crippen LogP contribution in [0.1, 0.15) is 58.1 Å². The number of fused-ring (bicyclic) bond motifs is 1. The van der Waals surface area contributed by atoms with Crippen LogP contribution in [-0.2, 0) is 19.1 Å². The lowest BCUT2D eigenvalue weighted by Gasteiger charge is -2.40. The minimum Gasteiger partial charge on any atom is -0.466 e. The first-order valence-corrected chi connectivity index (χ1v) is 14.6. The Morgan fingerprint density at radius 1 is 1.29 bits per heavy atom. The highest BCUT2D eigenvalue weighted by Crippen LogP contribution is 2.72. The number of nitrogens with zero attached hydrogens (tertiary/aromatic N) is 2. The van der Waals surface area contributed by atoms with Crippen LogP contribution < -0.4 is 4.90 Å². The number of carbonyl (C=O) groups excluding carboxylic acids is 3. The molecule has 3 aliphatic heterocycles. The summed E-state index contributed by atoms with van der Waals surface area (Å²) in [6.45, 7) is 16.1. The van der Waals surface area contributed by atoms with Crippen LogP contribution in [0.5, 0.6) is 0 Å². The van der Waals surface area contributed by atoms with Crippen LogP contribution in [0.3, 0.4) is 0 Å². The van der Waals surface area contributed by atoms with Gasteiger partial charge in [0.05, 0.1) is 35.8 Å². The normalized spacial score (nSPS) is 30.5. The summed E-state index contributed by atoms with van der Waals surface area (Å²) in [5.41, 5.74) is 2.75. The summed E-state index contributed by atoms with van der Waals surface area (Å²) in [6, 6.07) is 4.60. The van der Waals surface area contributed by atoms with Gasteiger partial charge < -0.3 is 19.6 Å². The SMILES string of the molecule is C=CCN(C(=O)C1N([C@@H](CO)CC(C)C)C(=O)[C@@H]2[C@H](C(=O)OCC)[C@]3(C)CCC12S3)c1c(C)cccc1C. The van der Waals surface area contributed by atoms with Crippen molar-refractivity contribution in [3.8, 4) is 0 Å². The quantitative estimate of drug-likeness (QED) is 0.351. The van der Waals surface area contributed by atoms with Gasteiger partial charge in [0.2, 0.25) is 5.91 Å². The molecule has 8 heteroatoms. The second-order valence-electron chi connectivity index (χ2n) is 11.7. The first-order valence-electron chi connectivity index (χ1n) is 13.8. The number of thioether (sulfide) groups is 1. The Kier molecular flexibility index (Phi) is 8.06. The van der Waals surface area contributed by atoms with Crippen LogP contribution in [-0.4, -0.2) is 69.1 Å². The number of hydrogen-bond acceptors (Lipinski definition) is 6. The Labute approximate surface area is 231 Å². The number of aliphatic hydroxyl groups excluding tert-OH is 1. The molecule has 2 unspecified atom stereocenters. The summed E-state index contributed by atoms with van der Waals surface area (Å²) in [7, 11) is 0. The molecule has 2 bridgehead atoms. The van der Waals surface area contributed by atoms with Crippen molar-refractivity contribution >= 4 is 35.2 Å². The fourth-order valence-corrected chi connectivity index (χ4v) is 9.57. The highest BCUT2D eigenvalue weighted by molar-refractivity contribution is 8.02. The topological polar surface area (TPSA) is 87.2 Å². The van der Waals surface area contributed by atoms with Crippen molar-refractivity contribution < 1.29 is 24.2 Å². The van der Waals surface area contributed by atoms with Gasteiger partial charge >= 0.3 is 5.97 Å². The molecule has 1 spiro atoms. The number of esters is 1. The summed E-state index contributed by atoms with van der Waals surface area (Å²) in [5.74, 6) is -1.83. The fourth-order valence-electron chi connectivity index (χ4n) is 7.25. The fraction of sp³-hybridized carbons (Fsp3) is 0.633. The summed E-state index contributed by atoms with van der Waals surface area (Å²) < 4.78 is 4.24. The maximum absolute atomic E-state index is 14.8. The Morgan fingerprint density at radius 3 is 2.50 bits per heavy atom. The zero-order valence-corrected chi connectivity index (χ0v) is 24.3. The maximum Gasteiger partial charge on any atom is 0.311 e. The molecule has 0 radical (unpaired) electrons. The lowest BCUT2D eigenvalue weighted by atomic mass is 9.66. The van der Waals surface area contributed by atoms with Crippen LogP contribution in [0.25, 0.3) is 0 Å². The van der Waals surface area contributed by atoms with Gasteiger partial charge in [-0.05, 0) is 64.0 Å². The standard InChI is InChI=1S/C30H42N2O5S/c1-8-15-31(24-19(5)11-10-12-20(24)6)27(35)25-30-14-13-29(7,38-30)23(28(36)37-9-2)22(30)26(34)32(25)21(17-33)16-18(3)4/h8,10-12,18,21-23,25,33H,1,9,13-17H2,2-7H3/t21-,22+,23-,25?,29+,30?/m1/s1. The molecule has 4 rings (SSSR count). The van der Waals surface area contributed by atoms with Crippen molar-refractivity contribution in [1.29, 1.82) is 0 Å². The van der Waals surface area contributed by atoms with Gasteiger partial charge in [-0.3, -0.25) is 14.4 Å².